The van der Waals surface area contributed by atoms with E-state index in [1.807, 2.05) is 27.0 Å². The molecule has 0 saturated carbocycles. The molecule has 1 aliphatic rings. The van der Waals surface area contributed by atoms with Crippen LogP contribution in [0.2, 0.25) is 0 Å². The molecule has 0 N–H and O–H groups in total. The van der Waals surface area contributed by atoms with Crippen LogP contribution in [0.1, 0.15) is 40.0 Å². The van der Waals surface area contributed by atoms with Gasteiger partial charge in [-0.3, -0.25) is 0 Å². The standard InChI is InChI=1S/C16H25N3O3S/c1-16(2,3)22-15(20)19-10-6-5-7-12(19)11-21-13-8-9-17-14(18-13)23-4/h8-9,12H,5-7,10-11H2,1-4H3/t12-/m1/s1. The second-order valence-electron chi connectivity index (χ2n) is 6.52. The largest absolute Gasteiger partial charge is 0.475 e. The van der Waals surface area contributed by atoms with Gasteiger partial charge in [0.2, 0.25) is 5.88 Å². The molecule has 1 saturated heterocycles. The molecule has 0 bridgehead atoms. The van der Waals surface area contributed by atoms with Gasteiger partial charge in [-0.05, 0) is 46.3 Å². The van der Waals surface area contributed by atoms with Gasteiger partial charge in [-0.2, -0.15) is 4.98 Å². The Balaban J connectivity index is 1.96. The van der Waals surface area contributed by atoms with Gasteiger partial charge < -0.3 is 14.4 Å². The van der Waals surface area contributed by atoms with Crippen molar-refractivity contribution in [2.45, 2.75) is 56.8 Å². The maximum Gasteiger partial charge on any atom is 0.410 e. The van der Waals surface area contributed by atoms with Crippen molar-refractivity contribution < 1.29 is 14.3 Å². The third kappa shape index (κ3) is 5.57. The molecule has 0 aromatic carbocycles. The first-order chi connectivity index (χ1) is 10.9. The molecule has 23 heavy (non-hydrogen) atoms. The van der Waals surface area contributed by atoms with Crippen LogP contribution in [0.5, 0.6) is 5.88 Å². The van der Waals surface area contributed by atoms with Crippen molar-refractivity contribution >= 4 is 17.9 Å². The number of ether oxygens (including phenoxy) is 2. The summed E-state index contributed by atoms with van der Waals surface area (Å²) >= 11 is 1.47. The van der Waals surface area contributed by atoms with Crippen molar-refractivity contribution in [2.24, 2.45) is 0 Å². The lowest BCUT2D eigenvalue weighted by Gasteiger charge is -2.36. The molecule has 6 nitrogen and oxygen atoms in total. The van der Waals surface area contributed by atoms with Crippen LogP contribution in [0.25, 0.3) is 0 Å². The first-order valence-corrected chi connectivity index (χ1v) is 9.11. The van der Waals surface area contributed by atoms with Crippen molar-refractivity contribution in [1.29, 1.82) is 0 Å². The van der Waals surface area contributed by atoms with Crippen LogP contribution in [-0.2, 0) is 4.74 Å². The van der Waals surface area contributed by atoms with Crippen molar-refractivity contribution in [3.63, 3.8) is 0 Å². The van der Waals surface area contributed by atoms with E-state index in [0.717, 1.165) is 19.3 Å². The van der Waals surface area contributed by atoms with Crippen molar-refractivity contribution in [3.8, 4) is 5.88 Å². The van der Waals surface area contributed by atoms with E-state index in [-0.39, 0.29) is 12.1 Å². The summed E-state index contributed by atoms with van der Waals surface area (Å²) in [6.45, 7) is 6.77. The van der Waals surface area contributed by atoms with E-state index in [2.05, 4.69) is 9.97 Å². The van der Waals surface area contributed by atoms with Gasteiger partial charge in [0.05, 0.1) is 6.04 Å². The minimum Gasteiger partial charge on any atom is -0.475 e. The van der Waals surface area contributed by atoms with Crippen molar-refractivity contribution in [3.05, 3.63) is 12.3 Å². The molecule has 1 aliphatic heterocycles. The summed E-state index contributed by atoms with van der Waals surface area (Å²) in [5, 5.41) is 0.676. The third-order valence-electron chi connectivity index (χ3n) is 3.47. The number of hydrogen-bond acceptors (Lipinski definition) is 6. The van der Waals surface area contributed by atoms with Gasteiger partial charge in [-0.25, -0.2) is 9.78 Å². The summed E-state index contributed by atoms with van der Waals surface area (Å²) in [5.41, 5.74) is -0.486. The zero-order chi connectivity index (χ0) is 16.9. The highest BCUT2D eigenvalue weighted by Gasteiger charge is 2.30. The van der Waals surface area contributed by atoms with Gasteiger partial charge in [-0.15, -0.1) is 0 Å². The van der Waals surface area contributed by atoms with E-state index in [1.54, 1.807) is 17.2 Å². The Bertz CT molecular complexity index is 534. The molecule has 0 unspecified atom stereocenters. The molecule has 0 aliphatic carbocycles. The zero-order valence-electron chi connectivity index (χ0n) is 14.2. The zero-order valence-corrected chi connectivity index (χ0v) is 15.1. The van der Waals surface area contributed by atoms with Crippen LogP contribution in [0, 0.1) is 0 Å². The average molecular weight is 339 g/mol. The highest BCUT2D eigenvalue weighted by Crippen LogP contribution is 2.21. The number of carbonyl (C=O) groups is 1. The van der Waals surface area contributed by atoms with Gasteiger partial charge in [0.1, 0.15) is 12.2 Å². The van der Waals surface area contributed by atoms with Crippen LogP contribution < -0.4 is 4.74 Å². The van der Waals surface area contributed by atoms with E-state index >= 15 is 0 Å². The number of likely N-dealkylation sites (tertiary alicyclic amines) is 1. The monoisotopic (exact) mass is 339 g/mol. The molecule has 1 aromatic heterocycles. The Kier molecular flexibility index (Phi) is 6.10. The van der Waals surface area contributed by atoms with Gasteiger partial charge in [0, 0.05) is 18.8 Å². The van der Waals surface area contributed by atoms with E-state index < -0.39 is 5.60 Å². The van der Waals surface area contributed by atoms with Crippen molar-refractivity contribution in [1.82, 2.24) is 14.9 Å². The molecule has 2 rings (SSSR count). The molecular weight excluding hydrogens is 314 g/mol. The number of aromatic nitrogens is 2. The van der Waals surface area contributed by atoms with E-state index in [0.29, 0.717) is 24.2 Å². The van der Waals surface area contributed by atoms with Crippen LogP contribution in [-0.4, -0.2) is 52.0 Å². The molecule has 1 aromatic rings. The fourth-order valence-electron chi connectivity index (χ4n) is 2.42. The second-order valence-corrected chi connectivity index (χ2v) is 7.29. The summed E-state index contributed by atoms with van der Waals surface area (Å²) in [6.07, 6.45) is 6.34. The Labute approximate surface area is 142 Å². The molecule has 1 fully saturated rings. The molecule has 7 heteroatoms. The number of nitrogens with zero attached hydrogens (tertiary/aromatic N) is 3. The minimum atomic E-state index is -0.486. The first kappa shape index (κ1) is 17.8. The molecule has 2 heterocycles. The normalized spacial score (nSPS) is 18.6. The Morgan fingerprint density at radius 3 is 2.91 bits per heavy atom. The second kappa shape index (κ2) is 7.86. The minimum absolute atomic E-state index is 0.0197. The van der Waals surface area contributed by atoms with Crippen LogP contribution in [0.3, 0.4) is 0 Å². The fourth-order valence-corrected chi connectivity index (χ4v) is 2.77. The number of carbonyl (C=O) groups excluding carboxylic acids is 1. The lowest BCUT2D eigenvalue weighted by atomic mass is 10.0. The number of hydrogen-bond donors (Lipinski definition) is 0. The molecule has 0 spiro atoms. The summed E-state index contributed by atoms with van der Waals surface area (Å²) in [4.78, 5) is 22.6. The maximum atomic E-state index is 12.4. The molecular formula is C16H25N3O3S. The quantitative estimate of drug-likeness (QED) is 0.619. The van der Waals surface area contributed by atoms with Gasteiger partial charge in [-0.1, -0.05) is 11.8 Å². The highest BCUT2D eigenvalue weighted by atomic mass is 32.2. The lowest BCUT2D eigenvalue weighted by molar-refractivity contribution is 0.00330. The SMILES string of the molecule is CSc1nccc(OC[C@H]2CCCCN2C(=O)OC(C)(C)C)n1. The molecule has 1 atom stereocenters. The Hall–Kier alpha value is -1.50. The first-order valence-electron chi connectivity index (χ1n) is 7.88. The Morgan fingerprint density at radius 2 is 2.22 bits per heavy atom. The Morgan fingerprint density at radius 1 is 1.43 bits per heavy atom. The van der Waals surface area contributed by atoms with Crippen molar-refractivity contribution in [2.75, 3.05) is 19.4 Å². The summed E-state index contributed by atoms with van der Waals surface area (Å²) in [6, 6.07) is 1.76. The van der Waals surface area contributed by atoms with Gasteiger partial charge in [0.15, 0.2) is 5.16 Å². The van der Waals surface area contributed by atoms with E-state index in [9.17, 15) is 4.79 Å². The molecule has 128 valence electrons. The van der Waals surface area contributed by atoms with Gasteiger partial charge >= 0.3 is 6.09 Å². The number of thioether (sulfide) groups is 1. The van der Waals surface area contributed by atoms with Crippen LogP contribution in [0.4, 0.5) is 4.79 Å². The lowest BCUT2D eigenvalue weighted by Crippen LogP contribution is -2.48. The predicted octanol–water partition coefficient (Wildman–Crippen LogP) is 3.37. The molecule has 0 radical (unpaired) electrons. The predicted molar refractivity (Wildman–Crippen MR) is 89.9 cm³/mol. The fraction of sp³-hybridized carbons (Fsp3) is 0.688. The topological polar surface area (TPSA) is 64.5 Å². The van der Waals surface area contributed by atoms with Crippen LogP contribution in [0.15, 0.2) is 17.4 Å². The van der Waals surface area contributed by atoms with E-state index in [1.165, 1.54) is 11.8 Å². The number of rotatable bonds is 4. The van der Waals surface area contributed by atoms with E-state index in [4.69, 9.17) is 9.47 Å². The number of piperidine rings is 1. The number of amides is 1. The third-order valence-corrected chi connectivity index (χ3v) is 4.03. The van der Waals surface area contributed by atoms with Crippen LogP contribution >= 0.6 is 11.8 Å². The maximum absolute atomic E-state index is 12.4. The summed E-state index contributed by atoms with van der Waals surface area (Å²) in [5.74, 6) is 0.541. The summed E-state index contributed by atoms with van der Waals surface area (Å²) < 4.78 is 11.3. The van der Waals surface area contributed by atoms with Gasteiger partial charge in [0.25, 0.3) is 0 Å². The summed E-state index contributed by atoms with van der Waals surface area (Å²) in [7, 11) is 0. The average Bonchev–Trinajstić information content (AvgIpc) is 2.52. The highest BCUT2D eigenvalue weighted by molar-refractivity contribution is 7.98. The molecule has 1 amide bonds. The smallest absolute Gasteiger partial charge is 0.410 e.